The molecule has 0 saturated heterocycles. The van der Waals surface area contributed by atoms with Crippen LogP contribution >= 0.6 is 0 Å². The first-order valence-corrected chi connectivity index (χ1v) is 10.8. The van der Waals surface area contributed by atoms with Gasteiger partial charge in [-0.3, -0.25) is 4.99 Å². The number of nitrogens with one attached hydrogen (secondary N) is 1. The van der Waals surface area contributed by atoms with Crippen molar-refractivity contribution in [2.45, 2.75) is 25.9 Å². The largest absolute Gasteiger partial charge is 0.404 e. The predicted octanol–water partition coefficient (Wildman–Crippen LogP) is 3.13. The molecular formula is C25H35N7. The third kappa shape index (κ3) is 5.30. The first-order valence-electron chi connectivity index (χ1n) is 10.8. The van der Waals surface area contributed by atoms with E-state index in [1.807, 2.05) is 13.0 Å². The Balaban J connectivity index is 2.08. The molecule has 3 rings (SSSR count). The van der Waals surface area contributed by atoms with Crippen molar-refractivity contribution < 1.29 is 0 Å². The Bertz CT molecular complexity index is 1030. The Hall–Kier alpha value is -3.29. The van der Waals surface area contributed by atoms with Crippen LogP contribution in [-0.4, -0.2) is 43.8 Å². The third-order valence-electron chi connectivity index (χ3n) is 5.55. The third-order valence-corrected chi connectivity index (χ3v) is 5.55. The molecule has 7 nitrogen and oxygen atoms in total. The molecular weight excluding hydrogens is 398 g/mol. The van der Waals surface area contributed by atoms with E-state index in [1.54, 1.807) is 24.5 Å². The fraction of sp³-hybridized carbons (Fsp3) is 0.320. The zero-order valence-electron chi connectivity index (χ0n) is 19.5. The van der Waals surface area contributed by atoms with Crippen molar-refractivity contribution in [3.05, 3.63) is 76.6 Å². The number of hydrazine groups is 1. The number of anilines is 1. The first-order chi connectivity index (χ1) is 15.3. The molecule has 2 aromatic rings. The van der Waals surface area contributed by atoms with E-state index in [4.69, 9.17) is 17.3 Å². The van der Waals surface area contributed by atoms with E-state index in [2.05, 4.69) is 65.7 Å². The second-order valence-corrected chi connectivity index (χ2v) is 8.46. The summed E-state index contributed by atoms with van der Waals surface area (Å²) in [7, 11) is 5.89. The minimum absolute atomic E-state index is 0.0556. The van der Waals surface area contributed by atoms with Gasteiger partial charge in [-0.2, -0.15) is 0 Å². The zero-order valence-corrected chi connectivity index (χ0v) is 19.5. The zero-order chi connectivity index (χ0) is 23.3. The SMILES string of the molecule is CN=CC(=CN)c1ccc2c(c1)C(Nc1cccc(CN(C)C)c1)CCN(N)/C2=C(/C)N. The quantitative estimate of drug-likeness (QED) is 0.412. The molecule has 7 N–H and O–H groups in total. The number of nitrogens with zero attached hydrogens (tertiary/aromatic N) is 3. The molecule has 1 aliphatic rings. The van der Waals surface area contributed by atoms with Crippen molar-refractivity contribution in [1.82, 2.24) is 9.91 Å². The molecule has 0 aromatic heterocycles. The van der Waals surface area contributed by atoms with Gasteiger partial charge in [0.25, 0.3) is 0 Å². The molecule has 0 saturated carbocycles. The maximum absolute atomic E-state index is 6.41. The van der Waals surface area contributed by atoms with E-state index >= 15 is 0 Å². The van der Waals surface area contributed by atoms with E-state index in [0.717, 1.165) is 46.6 Å². The Kier molecular flexibility index (Phi) is 7.56. The number of allylic oxidation sites excluding steroid dienone is 2. The number of hydrogen-bond donors (Lipinski definition) is 4. The molecule has 0 fully saturated rings. The highest BCUT2D eigenvalue weighted by Crippen LogP contribution is 2.36. The predicted molar refractivity (Wildman–Crippen MR) is 136 cm³/mol. The van der Waals surface area contributed by atoms with Gasteiger partial charge in [-0.1, -0.05) is 24.3 Å². The summed E-state index contributed by atoms with van der Waals surface area (Å²) in [5.41, 5.74) is 20.1. The number of rotatable bonds is 6. The van der Waals surface area contributed by atoms with Gasteiger partial charge >= 0.3 is 0 Å². The van der Waals surface area contributed by atoms with Gasteiger partial charge in [0.1, 0.15) is 0 Å². The van der Waals surface area contributed by atoms with Gasteiger partial charge in [0.05, 0.1) is 11.7 Å². The second kappa shape index (κ2) is 10.3. The van der Waals surface area contributed by atoms with Crippen LogP contribution in [0.4, 0.5) is 5.69 Å². The molecule has 0 bridgehead atoms. The van der Waals surface area contributed by atoms with Gasteiger partial charge in [-0.05, 0) is 62.3 Å². The van der Waals surface area contributed by atoms with Crippen LogP contribution in [0, 0.1) is 0 Å². The number of fused-ring (bicyclic) bond motifs is 1. The molecule has 32 heavy (non-hydrogen) atoms. The number of aliphatic imine (C=N–C) groups is 1. The van der Waals surface area contributed by atoms with Crippen LogP contribution < -0.4 is 22.6 Å². The minimum Gasteiger partial charge on any atom is -0.404 e. The number of nitrogens with two attached hydrogens (primary N) is 3. The van der Waals surface area contributed by atoms with Crippen molar-refractivity contribution in [2.24, 2.45) is 22.3 Å². The molecule has 0 spiro atoms. The van der Waals surface area contributed by atoms with Crippen LogP contribution in [0.5, 0.6) is 0 Å². The number of hydrogen-bond acceptors (Lipinski definition) is 7. The standard InChI is InChI=1S/C25H35N7/c1-17(27)25-22-9-8-19(20(14-26)15-29-2)13-23(22)24(10-11-32(25)28)30-21-7-5-6-18(12-21)16-31(3)4/h5-9,12-15,24,30H,10-11,16,26-28H2,1-4H3/b20-14?,25-17-,29-15?. The summed E-state index contributed by atoms with van der Waals surface area (Å²) >= 11 is 0. The van der Waals surface area contributed by atoms with Gasteiger partial charge in [-0.25, -0.2) is 5.84 Å². The van der Waals surface area contributed by atoms with E-state index in [1.165, 1.54) is 5.56 Å². The van der Waals surface area contributed by atoms with Crippen LogP contribution in [0.25, 0.3) is 11.3 Å². The van der Waals surface area contributed by atoms with Crippen LogP contribution in [0.1, 0.15) is 41.6 Å². The lowest BCUT2D eigenvalue weighted by Gasteiger charge is -2.22. The summed E-state index contributed by atoms with van der Waals surface area (Å²) in [5.74, 6) is 6.41. The molecule has 7 heteroatoms. The summed E-state index contributed by atoms with van der Waals surface area (Å²) < 4.78 is 0. The molecule has 1 atom stereocenters. The average molecular weight is 434 g/mol. The molecule has 0 amide bonds. The molecule has 170 valence electrons. The Morgan fingerprint density at radius 2 is 2.03 bits per heavy atom. The van der Waals surface area contributed by atoms with Gasteiger partial charge in [0.2, 0.25) is 0 Å². The molecule has 0 aliphatic carbocycles. The van der Waals surface area contributed by atoms with Crippen LogP contribution in [0.3, 0.4) is 0 Å². The highest BCUT2D eigenvalue weighted by molar-refractivity contribution is 6.09. The van der Waals surface area contributed by atoms with Crippen LogP contribution in [0.15, 0.2) is 59.4 Å². The molecule has 1 aliphatic heterocycles. The lowest BCUT2D eigenvalue weighted by Crippen LogP contribution is -2.31. The maximum Gasteiger partial charge on any atom is 0.0777 e. The summed E-state index contributed by atoms with van der Waals surface area (Å²) in [6, 6.07) is 14.9. The highest BCUT2D eigenvalue weighted by atomic mass is 15.4. The van der Waals surface area contributed by atoms with Crippen molar-refractivity contribution in [3.63, 3.8) is 0 Å². The molecule has 2 aromatic carbocycles. The monoisotopic (exact) mass is 433 g/mol. The van der Waals surface area contributed by atoms with Crippen molar-refractivity contribution in [1.29, 1.82) is 0 Å². The summed E-state index contributed by atoms with van der Waals surface area (Å²) in [6.45, 7) is 3.46. The minimum atomic E-state index is 0.0556. The molecule has 1 unspecified atom stereocenters. The molecule has 0 radical (unpaired) electrons. The van der Waals surface area contributed by atoms with Crippen LogP contribution in [-0.2, 0) is 6.54 Å². The first kappa shape index (κ1) is 23.4. The number of benzene rings is 2. The van der Waals surface area contributed by atoms with E-state index in [-0.39, 0.29) is 6.04 Å². The Labute approximate surface area is 191 Å². The summed E-state index contributed by atoms with van der Waals surface area (Å²) in [5, 5.41) is 5.49. The van der Waals surface area contributed by atoms with Crippen molar-refractivity contribution in [3.8, 4) is 0 Å². The normalized spacial score (nSPS) is 18.6. The van der Waals surface area contributed by atoms with E-state index in [9.17, 15) is 0 Å². The fourth-order valence-corrected chi connectivity index (χ4v) is 4.20. The van der Waals surface area contributed by atoms with E-state index < -0.39 is 0 Å². The summed E-state index contributed by atoms with van der Waals surface area (Å²) in [4.78, 5) is 6.30. The van der Waals surface area contributed by atoms with Crippen molar-refractivity contribution in [2.75, 3.05) is 33.0 Å². The van der Waals surface area contributed by atoms with Gasteiger partial charge in [0, 0.05) is 55.1 Å². The second-order valence-electron chi connectivity index (χ2n) is 8.46. The lowest BCUT2D eigenvalue weighted by atomic mass is 9.92. The highest BCUT2D eigenvalue weighted by Gasteiger charge is 2.26. The van der Waals surface area contributed by atoms with Gasteiger partial charge < -0.3 is 26.7 Å². The van der Waals surface area contributed by atoms with Gasteiger partial charge in [-0.15, -0.1) is 0 Å². The fourth-order valence-electron chi connectivity index (χ4n) is 4.20. The maximum atomic E-state index is 6.41. The molecule has 1 heterocycles. The van der Waals surface area contributed by atoms with Gasteiger partial charge in [0.15, 0.2) is 0 Å². The lowest BCUT2D eigenvalue weighted by molar-refractivity contribution is 0.401. The summed E-state index contributed by atoms with van der Waals surface area (Å²) in [6.07, 6.45) is 4.18. The smallest absolute Gasteiger partial charge is 0.0777 e. The topological polar surface area (TPSA) is 109 Å². The average Bonchev–Trinajstić information content (AvgIpc) is 2.88. The Morgan fingerprint density at radius 3 is 2.69 bits per heavy atom. The Morgan fingerprint density at radius 1 is 1.25 bits per heavy atom. The van der Waals surface area contributed by atoms with Crippen LogP contribution in [0.2, 0.25) is 0 Å². The van der Waals surface area contributed by atoms with E-state index in [0.29, 0.717) is 12.2 Å². The van der Waals surface area contributed by atoms with Crippen molar-refractivity contribution >= 4 is 23.2 Å².